The molecule has 0 saturated carbocycles. The van der Waals surface area contributed by atoms with Gasteiger partial charge in [0.05, 0.1) is 17.6 Å². The van der Waals surface area contributed by atoms with Crippen molar-refractivity contribution in [2.24, 2.45) is 0 Å². The Balaban J connectivity index is 1.82. The zero-order valence-electron chi connectivity index (χ0n) is 13.7. The van der Waals surface area contributed by atoms with Gasteiger partial charge in [-0.2, -0.15) is 0 Å². The number of aryl methyl sites for hydroxylation is 1. The van der Waals surface area contributed by atoms with E-state index in [1.165, 1.54) is 5.56 Å². The van der Waals surface area contributed by atoms with Crippen LogP contribution in [0.2, 0.25) is 0 Å². The molecule has 4 heteroatoms. The van der Waals surface area contributed by atoms with Gasteiger partial charge < -0.3 is 14.0 Å². The van der Waals surface area contributed by atoms with E-state index in [0.717, 1.165) is 35.8 Å². The van der Waals surface area contributed by atoms with Crippen LogP contribution in [-0.4, -0.2) is 22.8 Å². The van der Waals surface area contributed by atoms with Gasteiger partial charge in [0.15, 0.2) is 0 Å². The molecule has 4 nitrogen and oxygen atoms in total. The van der Waals surface area contributed by atoms with Gasteiger partial charge in [-0.1, -0.05) is 24.3 Å². The number of fused-ring (bicyclic) bond motifs is 1. The molecule has 3 aromatic rings. The van der Waals surface area contributed by atoms with Gasteiger partial charge >= 0.3 is 0 Å². The predicted molar refractivity (Wildman–Crippen MR) is 91.7 cm³/mol. The highest BCUT2D eigenvalue weighted by molar-refractivity contribution is 5.75. The fraction of sp³-hybridized carbons (Fsp3) is 0.316. The lowest BCUT2D eigenvalue weighted by Gasteiger charge is -2.11. The minimum Gasteiger partial charge on any atom is -0.486 e. The first-order valence-electron chi connectivity index (χ1n) is 7.99. The highest BCUT2D eigenvalue weighted by Gasteiger charge is 2.11. The Morgan fingerprint density at radius 2 is 1.96 bits per heavy atom. The molecular weight excluding hydrogens is 288 g/mol. The van der Waals surface area contributed by atoms with Gasteiger partial charge in [-0.15, -0.1) is 0 Å². The third kappa shape index (κ3) is 3.71. The van der Waals surface area contributed by atoms with E-state index in [-0.39, 0.29) is 0 Å². The van der Waals surface area contributed by atoms with Crippen LogP contribution >= 0.6 is 0 Å². The largest absolute Gasteiger partial charge is 0.486 e. The minimum atomic E-state index is 0.449. The quantitative estimate of drug-likeness (QED) is 0.620. The fourth-order valence-corrected chi connectivity index (χ4v) is 2.64. The number of imidazole rings is 1. The number of benzene rings is 2. The fourth-order valence-electron chi connectivity index (χ4n) is 2.64. The molecule has 0 aliphatic carbocycles. The normalized spacial score (nSPS) is 11.0. The molecule has 0 bridgehead atoms. The third-order valence-corrected chi connectivity index (χ3v) is 3.75. The summed E-state index contributed by atoms with van der Waals surface area (Å²) < 4.78 is 13.6. The van der Waals surface area contributed by atoms with Crippen LogP contribution in [0.15, 0.2) is 48.5 Å². The molecule has 0 N–H and O–H groups in total. The Hall–Kier alpha value is -2.33. The average molecular weight is 310 g/mol. The van der Waals surface area contributed by atoms with Gasteiger partial charge in [-0.05, 0) is 43.7 Å². The standard InChI is InChI=1S/C19H22N2O2/c1-3-22-12-11-21-18-10-5-4-9-17(18)20-19(21)14-23-16-8-6-7-15(2)13-16/h4-10,13H,3,11-12,14H2,1-2H3. The van der Waals surface area contributed by atoms with Gasteiger partial charge in [0.25, 0.3) is 0 Å². The lowest BCUT2D eigenvalue weighted by atomic mass is 10.2. The number of hydrogen-bond donors (Lipinski definition) is 0. The zero-order valence-corrected chi connectivity index (χ0v) is 13.7. The molecule has 0 unspecified atom stereocenters. The van der Waals surface area contributed by atoms with Crippen LogP contribution in [0.1, 0.15) is 18.3 Å². The summed E-state index contributed by atoms with van der Waals surface area (Å²) in [6.07, 6.45) is 0. The lowest BCUT2D eigenvalue weighted by molar-refractivity contribution is 0.138. The molecule has 120 valence electrons. The summed E-state index contributed by atoms with van der Waals surface area (Å²) in [5.74, 6) is 1.79. The lowest BCUT2D eigenvalue weighted by Crippen LogP contribution is -2.11. The third-order valence-electron chi connectivity index (χ3n) is 3.75. The Morgan fingerprint density at radius 1 is 1.09 bits per heavy atom. The molecule has 0 aliphatic heterocycles. The second kappa shape index (κ2) is 7.29. The van der Waals surface area contributed by atoms with Crippen LogP contribution in [0.5, 0.6) is 5.75 Å². The first-order valence-corrected chi connectivity index (χ1v) is 7.99. The van der Waals surface area contributed by atoms with Crippen LogP contribution in [0, 0.1) is 6.92 Å². The van der Waals surface area contributed by atoms with E-state index >= 15 is 0 Å². The van der Waals surface area contributed by atoms with E-state index < -0.39 is 0 Å². The minimum absolute atomic E-state index is 0.449. The number of ether oxygens (including phenoxy) is 2. The van der Waals surface area contributed by atoms with Crippen LogP contribution in [0.25, 0.3) is 11.0 Å². The number of para-hydroxylation sites is 2. The summed E-state index contributed by atoms with van der Waals surface area (Å²) in [5, 5.41) is 0. The molecule has 0 radical (unpaired) electrons. The summed E-state index contributed by atoms with van der Waals surface area (Å²) in [5.41, 5.74) is 3.30. The summed E-state index contributed by atoms with van der Waals surface area (Å²) >= 11 is 0. The maximum atomic E-state index is 5.93. The maximum absolute atomic E-state index is 5.93. The van der Waals surface area contributed by atoms with Crippen molar-refractivity contribution in [1.82, 2.24) is 9.55 Å². The number of nitrogens with zero attached hydrogens (tertiary/aromatic N) is 2. The Kier molecular flexibility index (Phi) is 4.93. The molecule has 0 amide bonds. The van der Waals surface area contributed by atoms with Crippen LogP contribution < -0.4 is 4.74 Å². The van der Waals surface area contributed by atoms with Crippen LogP contribution in [0.4, 0.5) is 0 Å². The molecule has 1 aromatic heterocycles. The van der Waals surface area contributed by atoms with Crippen molar-refractivity contribution in [2.45, 2.75) is 27.0 Å². The predicted octanol–water partition coefficient (Wildman–Crippen LogP) is 3.96. The smallest absolute Gasteiger partial charge is 0.148 e. The molecule has 0 atom stereocenters. The van der Waals surface area contributed by atoms with Gasteiger partial charge in [0, 0.05) is 13.2 Å². The molecule has 3 rings (SSSR count). The summed E-state index contributed by atoms with van der Waals surface area (Å²) in [6.45, 7) is 6.69. The Bertz CT molecular complexity index is 780. The molecule has 0 aliphatic rings. The second-order valence-corrected chi connectivity index (χ2v) is 5.47. The summed E-state index contributed by atoms with van der Waals surface area (Å²) in [6, 6.07) is 16.2. The number of hydrogen-bond acceptors (Lipinski definition) is 3. The van der Waals surface area contributed by atoms with Gasteiger partial charge in [0.1, 0.15) is 18.2 Å². The summed E-state index contributed by atoms with van der Waals surface area (Å²) in [4.78, 5) is 4.71. The Morgan fingerprint density at radius 3 is 2.78 bits per heavy atom. The molecule has 0 fully saturated rings. The van der Waals surface area contributed by atoms with Gasteiger partial charge in [-0.3, -0.25) is 0 Å². The monoisotopic (exact) mass is 310 g/mol. The molecule has 1 heterocycles. The number of aromatic nitrogens is 2. The van der Waals surface area contributed by atoms with Crippen molar-refractivity contribution >= 4 is 11.0 Å². The van der Waals surface area contributed by atoms with Crippen molar-refractivity contribution < 1.29 is 9.47 Å². The van der Waals surface area contributed by atoms with Crippen LogP contribution in [-0.2, 0) is 17.9 Å². The molecule has 23 heavy (non-hydrogen) atoms. The maximum Gasteiger partial charge on any atom is 0.148 e. The van der Waals surface area contributed by atoms with Crippen molar-refractivity contribution in [3.63, 3.8) is 0 Å². The topological polar surface area (TPSA) is 36.3 Å². The zero-order chi connectivity index (χ0) is 16.1. The van der Waals surface area contributed by atoms with E-state index in [9.17, 15) is 0 Å². The summed E-state index contributed by atoms with van der Waals surface area (Å²) in [7, 11) is 0. The van der Waals surface area contributed by atoms with Gasteiger partial charge in [0.2, 0.25) is 0 Å². The SMILES string of the molecule is CCOCCn1c(COc2cccc(C)c2)nc2ccccc21. The molecule has 2 aromatic carbocycles. The molecule has 0 spiro atoms. The highest BCUT2D eigenvalue weighted by Crippen LogP contribution is 2.19. The van der Waals surface area contributed by atoms with Crippen molar-refractivity contribution in [2.75, 3.05) is 13.2 Å². The first-order chi connectivity index (χ1) is 11.3. The van der Waals surface area contributed by atoms with Crippen LogP contribution in [0.3, 0.4) is 0 Å². The van der Waals surface area contributed by atoms with E-state index in [1.54, 1.807) is 0 Å². The first kappa shape index (κ1) is 15.6. The Labute approximate surface area is 136 Å². The van der Waals surface area contributed by atoms with Crippen molar-refractivity contribution in [3.8, 4) is 5.75 Å². The van der Waals surface area contributed by atoms with E-state index in [2.05, 4.69) is 23.6 Å². The van der Waals surface area contributed by atoms with E-state index in [1.807, 2.05) is 43.3 Å². The highest BCUT2D eigenvalue weighted by atomic mass is 16.5. The average Bonchev–Trinajstić information content (AvgIpc) is 2.91. The molecular formula is C19H22N2O2. The number of rotatable bonds is 7. The second-order valence-electron chi connectivity index (χ2n) is 5.47. The van der Waals surface area contributed by atoms with E-state index in [4.69, 9.17) is 14.5 Å². The van der Waals surface area contributed by atoms with E-state index in [0.29, 0.717) is 13.2 Å². The van der Waals surface area contributed by atoms with Crippen molar-refractivity contribution in [1.29, 1.82) is 0 Å². The molecule has 0 saturated heterocycles. The van der Waals surface area contributed by atoms with Crippen molar-refractivity contribution in [3.05, 3.63) is 59.9 Å². The van der Waals surface area contributed by atoms with Gasteiger partial charge in [-0.25, -0.2) is 4.98 Å².